The Hall–Kier alpha value is -1.49. The second-order valence-electron chi connectivity index (χ2n) is 4.09. The van der Waals surface area contributed by atoms with E-state index in [1.165, 1.54) is 0 Å². The van der Waals surface area contributed by atoms with Gasteiger partial charge in [-0.05, 0) is 40.9 Å². The average molecular weight is 308 g/mol. The Balaban J connectivity index is 2.59. The van der Waals surface area contributed by atoms with Crippen molar-refractivity contribution in [3.8, 4) is 11.5 Å². The van der Waals surface area contributed by atoms with Crippen molar-refractivity contribution in [2.75, 3.05) is 0 Å². The van der Waals surface area contributed by atoms with Crippen LogP contribution in [0.3, 0.4) is 0 Å². The number of aromatic amines is 1. The van der Waals surface area contributed by atoms with Gasteiger partial charge in [-0.25, -0.2) is 4.98 Å². The minimum Gasteiger partial charge on any atom is -0.304 e. The van der Waals surface area contributed by atoms with Gasteiger partial charge < -0.3 is 4.98 Å². The summed E-state index contributed by atoms with van der Waals surface area (Å²) in [4.78, 5) is 23.4. The molecule has 0 spiro atoms. The number of hydrogen-bond acceptors (Lipinski definition) is 3. The van der Waals surface area contributed by atoms with Gasteiger partial charge in [-0.2, -0.15) is 0 Å². The molecule has 0 aliphatic rings. The molecule has 0 radical (unpaired) electrons. The molecule has 0 aliphatic carbocycles. The van der Waals surface area contributed by atoms with Crippen molar-refractivity contribution in [1.82, 2.24) is 15.0 Å². The maximum atomic E-state index is 11.8. The molecule has 0 unspecified atom stereocenters. The van der Waals surface area contributed by atoms with Gasteiger partial charge in [-0.15, -0.1) is 0 Å². The van der Waals surface area contributed by atoms with E-state index in [1.807, 2.05) is 19.1 Å². The lowest BCUT2D eigenvalue weighted by Crippen LogP contribution is -2.14. The van der Waals surface area contributed by atoms with Gasteiger partial charge in [0.05, 0.1) is 5.69 Å². The summed E-state index contributed by atoms with van der Waals surface area (Å²) in [6.45, 7) is 4.00. The molecule has 0 aromatic carbocycles. The summed E-state index contributed by atoms with van der Waals surface area (Å²) in [5.41, 5.74) is 2.33. The van der Waals surface area contributed by atoms with E-state index < -0.39 is 0 Å². The highest BCUT2D eigenvalue weighted by atomic mass is 79.9. The molecule has 0 amide bonds. The van der Waals surface area contributed by atoms with Crippen LogP contribution < -0.4 is 5.56 Å². The Bertz CT molecular complexity index is 622. The first kappa shape index (κ1) is 13.0. The van der Waals surface area contributed by atoms with Crippen LogP contribution in [0.2, 0.25) is 0 Å². The monoisotopic (exact) mass is 307 g/mol. The minimum atomic E-state index is -0.159. The van der Waals surface area contributed by atoms with Crippen molar-refractivity contribution in [2.45, 2.75) is 26.7 Å². The summed E-state index contributed by atoms with van der Waals surface area (Å²) < 4.78 is 0.515. The number of rotatable bonds is 3. The van der Waals surface area contributed by atoms with E-state index in [2.05, 4.69) is 37.8 Å². The van der Waals surface area contributed by atoms with Crippen LogP contribution in [0.4, 0.5) is 0 Å². The summed E-state index contributed by atoms with van der Waals surface area (Å²) in [6.07, 6.45) is 3.41. The Morgan fingerprint density at radius 2 is 2.22 bits per heavy atom. The molecule has 1 N–H and O–H groups in total. The normalized spacial score (nSPS) is 10.6. The van der Waals surface area contributed by atoms with Crippen LogP contribution in [0, 0.1) is 6.92 Å². The number of halogens is 1. The highest BCUT2D eigenvalue weighted by Gasteiger charge is 2.11. The van der Waals surface area contributed by atoms with Crippen LogP contribution in [0.25, 0.3) is 11.5 Å². The lowest BCUT2D eigenvalue weighted by Gasteiger charge is -2.07. The van der Waals surface area contributed by atoms with Gasteiger partial charge in [-0.1, -0.05) is 19.4 Å². The topological polar surface area (TPSA) is 58.6 Å². The summed E-state index contributed by atoms with van der Waals surface area (Å²) >= 11 is 3.28. The molecule has 0 atom stereocenters. The largest absolute Gasteiger partial charge is 0.304 e. The van der Waals surface area contributed by atoms with Gasteiger partial charge in [0.25, 0.3) is 5.56 Å². The van der Waals surface area contributed by atoms with Crippen molar-refractivity contribution >= 4 is 15.9 Å². The molecular formula is C13H14BrN3O. The molecular weight excluding hydrogens is 294 g/mol. The van der Waals surface area contributed by atoms with Gasteiger partial charge in [0.15, 0.2) is 5.82 Å². The Kier molecular flexibility index (Phi) is 3.91. The number of aryl methyl sites for hydroxylation is 2. The first-order chi connectivity index (χ1) is 8.63. The lowest BCUT2D eigenvalue weighted by atomic mass is 10.2. The fourth-order valence-corrected chi connectivity index (χ4v) is 2.14. The summed E-state index contributed by atoms with van der Waals surface area (Å²) in [7, 11) is 0. The van der Waals surface area contributed by atoms with E-state index >= 15 is 0 Å². The molecule has 0 saturated heterocycles. The van der Waals surface area contributed by atoms with Crippen LogP contribution in [0.5, 0.6) is 0 Å². The van der Waals surface area contributed by atoms with E-state index in [4.69, 9.17) is 0 Å². The molecule has 18 heavy (non-hydrogen) atoms. The van der Waals surface area contributed by atoms with Gasteiger partial charge in [0, 0.05) is 6.20 Å². The maximum Gasteiger partial charge on any atom is 0.265 e. The fourth-order valence-electron chi connectivity index (χ4n) is 1.75. The molecule has 2 rings (SSSR count). The van der Waals surface area contributed by atoms with Gasteiger partial charge in [0.1, 0.15) is 10.2 Å². The second-order valence-corrected chi connectivity index (χ2v) is 4.89. The molecule has 0 bridgehead atoms. The molecule has 2 aromatic rings. The van der Waals surface area contributed by atoms with Crippen molar-refractivity contribution in [3.05, 3.63) is 44.4 Å². The molecule has 2 aromatic heterocycles. The standard InChI is InChI=1S/C13H14BrN3O/c1-3-5-9-10(14)13(18)17-12(16-9)11-8(2)6-4-7-15-11/h4,6-7H,3,5H2,1-2H3,(H,16,17,18). The van der Waals surface area contributed by atoms with Crippen LogP contribution in [-0.2, 0) is 6.42 Å². The number of pyridine rings is 1. The summed E-state index contributed by atoms with van der Waals surface area (Å²) in [5.74, 6) is 0.532. The highest BCUT2D eigenvalue weighted by Crippen LogP contribution is 2.18. The van der Waals surface area contributed by atoms with E-state index in [1.54, 1.807) is 6.20 Å². The molecule has 94 valence electrons. The summed E-state index contributed by atoms with van der Waals surface area (Å²) in [5, 5.41) is 0. The number of nitrogens with zero attached hydrogens (tertiary/aromatic N) is 2. The van der Waals surface area contributed by atoms with Gasteiger partial charge in [-0.3, -0.25) is 9.78 Å². The number of nitrogens with one attached hydrogen (secondary N) is 1. The third-order valence-corrected chi connectivity index (χ3v) is 3.47. The zero-order chi connectivity index (χ0) is 13.1. The van der Waals surface area contributed by atoms with Crippen molar-refractivity contribution in [2.24, 2.45) is 0 Å². The van der Waals surface area contributed by atoms with Crippen molar-refractivity contribution in [3.63, 3.8) is 0 Å². The van der Waals surface area contributed by atoms with Crippen LogP contribution in [0.1, 0.15) is 24.6 Å². The minimum absolute atomic E-state index is 0.159. The molecule has 0 aliphatic heterocycles. The van der Waals surface area contributed by atoms with Crippen molar-refractivity contribution in [1.29, 1.82) is 0 Å². The Morgan fingerprint density at radius 3 is 2.89 bits per heavy atom. The fraction of sp³-hybridized carbons (Fsp3) is 0.308. The van der Waals surface area contributed by atoms with Gasteiger partial charge in [0.2, 0.25) is 0 Å². The van der Waals surface area contributed by atoms with Crippen LogP contribution in [-0.4, -0.2) is 15.0 Å². The van der Waals surface area contributed by atoms with Crippen LogP contribution in [0.15, 0.2) is 27.6 Å². The maximum absolute atomic E-state index is 11.8. The molecule has 0 saturated carbocycles. The predicted molar refractivity (Wildman–Crippen MR) is 74.5 cm³/mol. The van der Waals surface area contributed by atoms with E-state index in [9.17, 15) is 4.79 Å². The number of H-pyrrole nitrogens is 1. The zero-order valence-corrected chi connectivity index (χ0v) is 11.9. The third kappa shape index (κ3) is 2.51. The quantitative estimate of drug-likeness (QED) is 0.948. The predicted octanol–water partition coefficient (Wildman–Crippen LogP) is 2.86. The smallest absolute Gasteiger partial charge is 0.265 e. The van der Waals surface area contributed by atoms with Crippen molar-refractivity contribution < 1.29 is 0 Å². The second kappa shape index (κ2) is 5.44. The van der Waals surface area contributed by atoms with E-state index in [0.29, 0.717) is 10.3 Å². The number of aromatic nitrogens is 3. The number of hydrogen-bond donors (Lipinski definition) is 1. The first-order valence-electron chi connectivity index (χ1n) is 5.84. The zero-order valence-electron chi connectivity index (χ0n) is 10.3. The van der Waals surface area contributed by atoms with E-state index in [0.717, 1.165) is 29.8 Å². The Labute approximate surface area is 114 Å². The molecule has 5 heteroatoms. The third-order valence-electron chi connectivity index (χ3n) is 2.65. The SMILES string of the molecule is CCCc1nc(-c2ncccc2C)[nH]c(=O)c1Br. The molecule has 0 fully saturated rings. The Morgan fingerprint density at radius 1 is 1.44 bits per heavy atom. The van der Waals surface area contributed by atoms with Crippen LogP contribution >= 0.6 is 15.9 Å². The molecule has 2 heterocycles. The summed E-state index contributed by atoms with van der Waals surface area (Å²) in [6, 6.07) is 3.81. The average Bonchev–Trinajstić information content (AvgIpc) is 2.35. The van der Waals surface area contributed by atoms with E-state index in [-0.39, 0.29) is 5.56 Å². The first-order valence-corrected chi connectivity index (χ1v) is 6.63. The van der Waals surface area contributed by atoms with Gasteiger partial charge >= 0.3 is 0 Å². The highest BCUT2D eigenvalue weighted by molar-refractivity contribution is 9.10. The lowest BCUT2D eigenvalue weighted by molar-refractivity contribution is 0.859. The molecule has 4 nitrogen and oxygen atoms in total.